The number of benzene rings is 1. The molecule has 0 aliphatic carbocycles. The summed E-state index contributed by atoms with van der Waals surface area (Å²) in [5.41, 5.74) is 2.53. The van der Waals surface area contributed by atoms with Crippen molar-refractivity contribution >= 4 is 5.82 Å². The lowest BCUT2D eigenvalue weighted by molar-refractivity contribution is 0.321. The molecule has 5 heteroatoms. The van der Waals surface area contributed by atoms with E-state index in [-0.39, 0.29) is 0 Å². The molecule has 0 atom stereocenters. The van der Waals surface area contributed by atoms with Crippen molar-refractivity contribution in [1.29, 1.82) is 0 Å². The lowest BCUT2D eigenvalue weighted by Crippen LogP contribution is -2.19. The molecule has 0 spiro atoms. The van der Waals surface area contributed by atoms with Crippen LogP contribution in [0.5, 0.6) is 5.75 Å². The first-order chi connectivity index (χ1) is 10.8. The minimum absolute atomic E-state index is 0.788. The van der Waals surface area contributed by atoms with Crippen LogP contribution in [-0.2, 0) is 20.1 Å². The molecule has 1 saturated heterocycles. The minimum atomic E-state index is 0.788. The molecule has 0 unspecified atom stereocenters. The third-order valence-corrected chi connectivity index (χ3v) is 4.23. The van der Waals surface area contributed by atoms with Gasteiger partial charge in [-0.25, -0.2) is 0 Å². The van der Waals surface area contributed by atoms with Gasteiger partial charge in [-0.1, -0.05) is 6.07 Å². The summed E-state index contributed by atoms with van der Waals surface area (Å²) in [5, 5.41) is 7.58. The normalized spacial score (nSPS) is 15.2. The molecule has 0 saturated carbocycles. The van der Waals surface area contributed by atoms with Gasteiger partial charge in [-0.2, -0.15) is 5.10 Å². The van der Waals surface area contributed by atoms with E-state index in [2.05, 4.69) is 33.5 Å². The largest absolute Gasteiger partial charge is 0.496 e. The van der Waals surface area contributed by atoms with Crippen LogP contribution in [0.4, 0.5) is 5.82 Å². The highest BCUT2D eigenvalue weighted by Crippen LogP contribution is 2.24. The van der Waals surface area contributed by atoms with E-state index < -0.39 is 0 Å². The summed E-state index contributed by atoms with van der Waals surface area (Å²) in [6.45, 7) is 4.15. The number of rotatable bonds is 6. The van der Waals surface area contributed by atoms with Gasteiger partial charge in [0.25, 0.3) is 0 Å². The molecule has 3 rings (SSSR count). The Kier molecular flexibility index (Phi) is 4.63. The van der Waals surface area contributed by atoms with Gasteiger partial charge in [0.05, 0.1) is 13.3 Å². The molecule has 1 aliphatic rings. The van der Waals surface area contributed by atoms with E-state index in [1.54, 1.807) is 13.3 Å². The number of nitrogens with one attached hydrogen (secondary N) is 1. The first-order valence-electron chi connectivity index (χ1n) is 7.86. The van der Waals surface area contributed by atoms with Crippen LogP contribution in [0.2, 0.25) is 0 Å². The number of likely N-dealkylation sites (tertiary alicyclic amines) is 1. The smallest absolute Gasteiger partial charge is 0.124 e. The van der Waals surface area contributed by atoms with E-state index in [1.807, 2.05) is 17.8 Å². The topological polar surface area (TPSA) is 42.3 Å². The Morgan fingerprint density at radius 1 is 1.23 bits per heavy atom. The second-order valence-electron chi connectivity index (χ2n) is 5.82. The summed E-state index contributed by atoms with van der Waals surface area (Å²) >= 11 is 0. The summed E-state index contributed by atoms with van der Waals surface area (Å²) in [6.07, 6.45) is 4.42. The van der Waals surface area contributed by atoms with Gasteiger partial charge in [-0.05, 0) is 43.6 Å². The van der Waals surface area contributed by atoms with Gasteiger partial charge in [0.2, 0.25) is 0 Å². The van der Waals surface area contributed by atoms with Crippen molar-refractivity contribution in [2.24, 2.45) is 7.05 Å². The fourth-order valence-corrected chi connectivity index (χ4v) is 2.99. The van der Waals surface area contributed by atoms with E-state index >= 15 is 0 Å². The zero-order chi connectivity index (χ0) is 15.4. The van der Waals surface area contributed by atoms with Crippen LogP contribution < -0.4 is 10.1 Å². The first-order valence-corrected chi connectivity index (χ1v) is 7.86. The molecule has 2 heterocycles. The van der Waals surface area contributed by atoms with Crippen molar-refractivity contribution in [2.45, 2.75) is 25.9 Å². The molecule has 118 valence electrons. The average molecular weight is 300 g/mol. The quantitative estimate of drug-likeness (QED) is 0.890. The van der Waals surface area contributed by atoms with Gasteiger partial charge in [0.1, 0.15) is 11.6 Å². The van der Waals surface area contributed by atoms with Crippen LogP contribution in [0, 0.1) is 0 Å². The van der Waals surface area contributed by atoms with Crippen LogP contribution in [0.1, 0.15) is 24.0 Å². The molecule has 0 radical (unpaired) electrons. The molecule has 1 fully saturated rings. The standard InChI is InChI=1S/C17H24N4O/c1-20-17(7-8-19-20)18-12-14-5-6-16(22-2)15(11-14)13-21-9-3-4-10-21/h5-8,11,18H,3-4,9-10,12-13H2,1-2H3. The average Bonchev–Trinajstić information content (AvgIpc) is 3.17. The summed E-state index contributed by atoms with van der Waals surface area (Å²) in [7, 11) is 3.69. The second-order valence-corrected chi connectivity index (χ2v) is 5.82. The zero-order valence-corrected chi connectivity index (χ0v) is 13.4. The van der Waals surface area contributed by atoms with Gasteiger partial charge >= 0.3 is 0 Å². The molecule has 1 aliphatic heterocycles. The van der Waals surface area contributed by atoms with Gasteiger partial charge in [-0.15, -0.1) is 0 Å². The predicted molar refractivity (Wildman–Crippen MR) is 88.0 cm³/mol. The highest BCUT2D eigenvalue weighted by atomic mass is 16.5. The van der Waals surface area contributed by atoms with Crippen molar-refractivity contribution in [3.8, 4) is 5.75 Å². The van der Waals surface area contributed by atoms with Crippen molar-refractivity contribution in [3.63, 3.8) is 0 Å². The number of aryl methyl sites for hydroxylation is 1. The maximum Gasteiger partial charge on any atom is 0.124 e. The van der Waals surface area contributed by atoms with Crippen molar-refractivity contribution in [1.82, 2.24) is 14.7 Å². The first kappa shape index (κ1) is 14.9. The van der Waals surface area contributed by atoms with Gasteiger partial charge in [0, 0.05) is 31.8 Å². The molecule has 5 nitrogen and oxygen atoms in total. The Labute approximate surface area is 131 Å². The summed E-state index contributed by atoms with van der Waals surface area (Å²) < 4.78 is 7.36. The number of nitrogens with zero attached hydrogens (tertiary/aromatic N) is 3. The van der Waals surface area contributed by atoms with Crippen molar-refractivity contribution in [3.05, 3.63) is 41.6 Å². The molecule has 1 aromatic heterocycles. The van der Waals surface area contributed by atoms with Crippen LogP contribution >= 0.6 is 0 Å². The molecule has 2 aromatic rings. The Morgan fingerprint density at radius 2 is 2.05 bits per heavy atom. The Balaban J connectivity index is 1.70. The molecule has 0 bridgehead atoms. The Hall–Kier alpha value is -2.01. The van der Waals surface area contributed by atoms with Crippen LogP contribution in [0.15, 0.2) is 30.5 Å². The fraction of sp³-hybridized carbons (Fsp3) is 0.471. The molecule has 1 N–H and O–H groups in total. The Bertz CT molecular complexity index is 617. The highest BCUT2D eigenvalue weighted by Gasteiger charge is 2.14. The highest BCUT2D eigenvalue weighted by molar-refractivity contribution is 5.40. The number of methoxy groups -OCH3 is 1. The third-order valence-electron chi connectivity index (χ3n) is 4.23. The monoisotopic (exact) mass is 300 g/mol. The van der Waals surface area contributed by atoms with Crippen LogP contribution in [0.3, 0.4) is 0 Å². The number of hydrogen-bond acceptors (Lipinski definition) is 4. The number of anilines is 1. The summed E-state index contributed by atoms with van der Waals surface area (Å²) in [6, 6.07) is 8.43. The summed E-state index contributed by atoms with van der Waals surface area (Å²) in [5.74, 6) is 2.01. The van der Waals surface area contributed by atoms with Gasteiger partial charge in [-0.3, -0.25) is 9.58 Å². The molecular weight excluding hydrogens is 276 g/mol. The number of hydrogen-bond donors (Lipinski definition) is 1. The SMILES string of the molecule is COc1ccc(CNc2ccnn2C)cc1CN1CCCC1. The lowest BCUT2D eigenvalue weighted by atomic mass is 10.1. The molecule has 22 heavy (non-hydrogen) atoms. The van der Waals surface area contributed by atoms with Crippen molar-refractivity contribution in [2.75, 3.05) is 25.5 Å². The van der Waals surface area contributed by atoms with E-state index in [0.29, 0.717) is 0 Å². The zero-order valence-electron chi connectivity index (χ0n) is 13.4. The van der Waals surface area contributed by atoms with Crippen LogP contribution in [0.25, 0.3) is 0 Å². The lowest BCUT2D eigenvalue weighted by Gasteiger charge is -2.18. The Morgan fingerprint density at radius 3 is 2.73 bits per heavy atom. The van der Waals surface area contributed by atoms with E-state index in [1.165, 1.54) is 37.1 Å². The maximum atomic E-state index is 5.52. The van der Waals surface area contributed by atoms with Crippen molar-refractivity contribution < 1.29 is 4.74 Å². The number of ether oxygens (including phenoxy) is 1. The minimum Gasteiger partial charge on any atom is -0.496 e. The van der Waals surface area contributed by atoms with E-state index in [4.69, 9.17) is 4.74 Å². The van der Waals surface area contributed by atoms with Crippen LogP contribution in [-0.4, -0.2) is 34.9 Å². The van der Waals surface area contributed by atoms with E-state index in [9.17, 15) is 0 Å². The molecular formula is C17H24N4O. The maximum absolute atomic E-state index is 5.52. The van der Waals surface area contributed by atoms with Gasteiger partial charge < -0.3 is 10.1 Å². The second kappa shape index (κ2) is 6.83. The van der Waals surface area contributed by atoms with E-state index in [0.717, 1.165) is 24.7 Å². The number of aromatic nitrogens is 2. The third kappa shape index (κ3) is 3.42. The predicted octanol–water partition coefficient (Wildman–Crippen LogP) is 2.64. The molecule has 0 amide bonds. The van der Waals surface area contributed by atoms with Gasteiger partial charge in [0.15, 0.2) is 0 Å². The fourth-order valence-electron chi connectivity index (χ4n) is 2.99. The molecule has 1 aromatic carbocycles. The summed E-state index contributed by atoms with van der Waals surface area (Å²) in [4.78, 5) is 2.50.